The minimum absolute atomic E-state index is 0.0426. The number of rotatable bonds is 14. The number of amides is 1. The van der Waals surface area contributed by atoms with Crippen molar-refractivity contribution in [3.8, 4) is 17.2 Å². The van der Waals surface area contributed by atoms with Gasteiger partial charge in [0.15, 0.2) is 17.3 Å². The third kappa shape index (κ3) is 7.59. The van der Waals surface area contributed by atoms with E-state index < -0.39 is 11.9 Å². The molecule has 1 atom stereocenters. The number of aromatic hydroxyl groups is 2. The van der Waals surface area contributed by atoms with E-state index in [0.29, 0.717) is 57.3 Å². The number of Topliss-reactive ketones (excluding diaryl/α,β-unsaturated/α-hetero) is 1. The van der Waals surface area contributed by atoms with Crippen molar-refractivity contribution < 1.29 is 38.7 Å². The van der Waals surface area contributed by atoms with Gasteiger partial charge in [-0.3, -0.25) is 9.59 Å². The van der Waals surface area contributed by atoms with E-state index >= 15 is 0 Å². The summed E-state index contributed by atoms with van der Waals surface area (Å²) in [5.41, 5.74) is 9.45. The van der Waals surface area contributed by atoms with Crippen molar-refractivity contribution in [1.29, 1.82) is 0 Å². The van der Waals surface area contributed by atoms with Gasteiger partial charge in [-0.2, -0.15) is 0 Å². The van der Waals surface area contributed by atoms with E-state index in [1.807, 2.05) is 0 Å². The maximum atomic E-state index is 12.4. The van der Waals surface area contributed by atoms with Gasteiger partial charge < -0.3 is 34.5 Å². The van der Waals surface area contributed by atoms with Crippen LogP contribution in [0.1, 0.15) is 38.8 Å². The van der Waals surface area contributed by atoms with E-state index in [0.717, 1.165) is 0 Å². The first-order valence-corrected chi connectivity index (χ1v) is 11.4. The number of hydrogen-bond donors (Lipinski definition) is 3. The number of carbonyl (C=O) groups is 2. The molecule has 0 saturated carbocycles. The first-order valence-electron chi connectivity index (χ1n) is 11.4. The van der Waals surface area contributed by atoms with E-state index in [1.165, 1.54) is 12.1 Å². The van der Waals surface area contributed by atoms with E-state index in [-0.39, 0.29) is 41.7 Å². The molecule has 1 heterocycles. The molecule has 0 aromatic heterocycles. The van der Waals surface area contributed by atoms with Crippen molar-refractivity contribution in [1.82, 2.24) is 5.32 Å². The van der Waals surface area contributed by atoms with Crippen LogP contribution >= 0.6 is 0 Å². The van der Waals surface area contributed by atoms with Gasteiger partial charge in [0.1, 0.15) is 6.10 Å². The molecule has 12 heteroatoms. The molecule has 0 bridgehead atoms. The third-order valence-electron chi connectivity index (χ3n) is 5.26. The largest absolute Gasteiger partial charge is 0.504 e. The minimum Gasteiger partial charge on any atom is -0.504 e. The molecule has 0 saturated heterocycles. The molecule has 192 valence electrons. The summed E-state index contributed by atoms with van der Waals surface area (Å²) >= 11 is 0. The lowest BCUT2D eigenvalue weighted by Gasteiger charge is -2.26. The molecule has 2 aromatic carbocycles. The number of phenols is 2. The average molecular weight is 501 g/mol. The molecular weight excluding hydrogens is 472 g/mol. The zero-order valence-corrected chi connectivity index (χ0v) is 19.6. The molecule has 0 aliphatic carbocycles. The minimum atomic E-state index is -0.644. The number of hydrogen-bond acceptors (Lipinski definition) is 9. The van der Waals surface area contributed by atoms with Gasteiger partial charge in [0, 0.05) is 23.6 Å². The zero-order chi connectivity index (χ0) is 25.8. The summed E-state index contributed by atoms with van der Waals surface area (Å²) in [5, 5.41) is 25.9. The highest BCUT2D eigenvalue weighted by molar-refractivity contribution is 6.01. The molecule has 3 rings (SSSR count). The molecule has 0 fully saturated rings. The van der Waals surface area contributed by atoms with Gasteiger partial charge in [-0.05, 0) is 35.4 Å². The quantitative estimate of drug-likeness (QED) is 0.117. The highest BCUT2D eigenvalue weighted by Gasteiger charge is 2.31. The summed E-state index contributed by atoms with van der Waals surface area (Å²) in [6, 6.07) is 9.29. The Labute approximate surface area is 207 Å². The first kappa shape index (κ1) is 26.8. The van der Waals surface area contributed by atoms with Gasteiger partial charge >= 0.3 is 0 Å². The molecule has 1 amide bonds. The Morgan fingerprint density at radius 1 is 1.03 bits per heavy atom. The Balaban J connectivity index is 1.34. The molecule has 1 unspecified atom stereocenters. The van der Waals surface area contributed by atoms with E-state index in [1.54, 1.807) is 24.3 Å². The average Bonchev–Trinajstić information content (AvgIpc) is 2.89. The Morgan fingerprint density at radius 2 is 1.69 bits per heavy atom. The van der Waals surface area contributed by atoms with Gasteiger partial charge in [-0.1, -0.05) is 17.2 Å². The second-order valence-electron chi connectivity index (χ2n) is 7.71. The predicted octanol–water partition coefficient (Wildman–Crippen LogP) is 2.89. The molecule has 1 aliphatic heterocycles. The zero-order valence-electron chi connectivity index (χ0n) is 19.6. The van der Waals surface area contributed by atoms with Crippen molar-refractivity contribution in [2.45, 2.75) is 12.5 Å². The lowest BCUT2D eigenvalue weighted by atomic mass is 9.95. The van der Waals surface area contributed by atoms with E-state index in [9.17, 15) is 19.8 Å². The van der Waals surface area contributed by atoms with Crippen LogP contribution in [0.2, 0.25) is 0 Å². The molecule has 0 radical (unpaired) electrons. The highest BCUT2D eigenvalue weighted by Crippen LogP contribution is 2.44. The van der Waals surface area contributed by atoms with Crippen LogP contribution in [0.3, 0.4) is 0 Å². The first-order chi connectivity index (χ1) is 17.5. The summed E-state index contributed by atoms with van der Waals surface area (Å²) in [4.78, 5) is 27.4. The van der Waals surface area contributed by atoms with Crippen molar-refractivity contribution in [3.63, 3.8) is 0 Å². The number of fused-ring (bicyclic) bond motifs is 1. The van der Waals surface area contributed by atoms with Gasteiger partial charge in [0.25, 0.3) is 5.91 Å². The SMILES string of the molecule is [N-]=[N+]=NCCOCCOCCOCCNC(=O)c1ccc(C2CC(=O)c3ccc(O)c(O)c3O2)cc1. The number of nitrogens with zero attached hydrogens (tertiary/aromatic N) is 3. The summed E-state index contributed by atoms with van der Waals surface area (Å²) in [6.45, 7) is 2.86. The van der Waals surface area contributed by atoms with Gasteiger partial charge in [-0.25, -0.2) is 0 Å². The number of benzene rings is 2. The maximum absolute atomic E-state index is 12.4. The number of ether oxygens (including phenoxy) is 4. The van der Waals surface area contributed by atoms with Crippen LogP contribution in [0.4, 0.5) is 0 Å². The van der Waals surface area contributed by atoms with Crippen LogP contribution in [0, 0.1) is 0 Å². The van der Waals surface area contributed by atoms with Crippen LogP contribution in [0.15, 0.2) is 41.5 Å². The molecule has 2 aromatic rings. The fraction of sp³-hybridized carbons (Fsp3) is 0.417. The lowest BCUT2D eigenvalue weighted by Crippen LogP contribution is -2.27. The Hall–Kier alpha value is -3.83. The van der Waals surface area contributed by atoms with E-state index in [2.05, 4.69) is 15.3 Å². The highest BCUT2D eigenvalue weighted by atomic mass is 16.5. The predicted molar refractivity (Wildman–Crippen MR) is 127 cm³/mol. The normalized spacial score (nSPS) is 14.4. The fourth-order valence-corrected chi connectivity index (χ4v) is 3.43. The van der Waals surface area contributed by atoms with Crippen LogP contribution in [0.5, 0.6) is 17.2 Å². The molecular formula is C24H28N4O8. The van der Waals surface area contributed by atoms with Gasteiger partial charge in [0.2, 0.25) is 5.75 Å². The topological polar surface area (TPSA) is 172 Å². The standard InChI is InChI=1S/C24H28N4O8/c25-28-27-8-10-34-12-14-35-13-11-33-9-7-26-24(32)17-3-1-16(2-4-17)21-15-20(30)18-5-6-19(29)22(31)23(18)36-21/h1-6,21,29,31H,7-15H2,(H,26,32). The van der Waals surface area contributed by atoms with Crippen LogP contribution in [0.25, 0.3) is 10.4 Å². The number of phenolic OH excluding ortho intramolecular Hbond substituents is 2. The molecule has 1 aliphatic rings. The van der Waals surface area contributed by atoms with Crippen LogP contribution < -0.4 is 10.1 Å². The molecule has 12 nitrogen and oxygen atoms in total. The third-order valence-corrected chi connectivity index (χ3v) is 5.26. The smallest absolute Gasteiger partial charge is 0.251 e. The Bertz CT molecular complexity index is 1090. The molecule has 0 spiro atoms. The summed E-state index contributed by atoms with van der Waals surface area (Å²) < 4.78 is 21.7. The van der Waals surface area contributed by atoms with Crippen molar-refractivity contribution in [3.05, 3.63) is 63.5 Å². The second kappa shape index (κ2) is 13.9. The summed E-state index contributed by atoms with van der Waals surface area (Å²) in [5.74, 6) is -1.36. The number of ketones is 1. The maximum Gasteiger partial charge on any atom is 0.251 e. The molecule has 3 N–H and O–H groups in total. The van der Waals surface area contributed by atoms with Crippen LogP contribution in [-0.2, 0) is 14.2 Å². The Morgan fingerprint density at radius 3 is 2.39 bits per heavy atom. The van der Waals surface area contributed by atoms with E-state index in [4.69, 9.17) is 24.5 Å². The Kier molecular flexibility index (Phi) is 10.3. The second-order valence-corrected chi connectivity index (χ2v) is 7.71. The number of nitrogens with one attached hydrogen (secondary N) is 1. The van der Waals surface area contributed by atoms with Gasteiger partial charge in [0.05, 0.1) is 51.6 Å². The van der Waals surface area contributed by atoms with Crippen molar-refractivity contribution >= 4 is 11.7 Å². The van der Waals surface area contributed by atoms with Gasteiger partial charge in [-0.15, -0.1) is 0 Å². The molecule has 36 heavy (non-hydrogen) atoms. The van der Waals surface area contributed by atoms with Crippen molar-refractivity contribution in [2.75, 3.05) is 52.7 Å². The monoisotopic (exact) mass is 500 g/mol. The fourth-order valence-electron chi connectivity index (χ4n) is 3.43. The number of carbonyl (C=O) groups excluding carboxylic acids is 2. The van der Waals surface area contributed by atoms with Crippen molar-refractivity contribution in [2.24, 2.45) is 5.11 Å². The summed E-state index contributed by atoms with van der Waals surface area (Å²) in [7, 11) is 0. The lowest BCUT2D eigenvalue weighted by molar-refractivity contribution is 0.0166. The summed E-state index contributed by atoms with van der Waals surface area (Å²) in [6.07, 6.45) is -0.566. The van der Waals surface area contributed by atoms with Crippen LogP contribution in [-0.4, -0.2) is 74.6 Å². The number of azide groups is 1.